The van der Waals surface area contributed by atoms with Crippen molar-refractivity contribution in [3.05, 3.63) is 34.3 Å². The van der Waals surface area contributed by atoms with E-state index in [1.165, 1.54) is 18.5 Å². The molecule has 0 aromatic heterocycles. The normalized spacial score (nSPS) is 29.4. The van der Waals surface area contributed by atoms with Crippen molar-refractivity contribution < 1.29 is 0 Å². The third kappa shape index (κ3) is 3.56. The zero-order chi connectivity index (χ0) is 13.1. The lowest BCUT2D eigenvalue weighted by Gasteiger charge is -2.40. The average molecular weight is 311 g/mol. The number of rotatable bonds is 3. The molecule has 0 radical (unpaired) electrons. The molecule has 0 bridgehead atoms. The van der Waals surface area contributed by atoms with Crippen molar-refractivity contribution in [1.29, 1.82) is 0 Å². The van der Waals surface area contributed by atoms with Crippen molar-refractivity contribution in [1.82, 2.24) is 10.2 Å². The molecule has 3 atom stereocenters. The van der Waals surface area contributed by atoms with Crippen molar-refractivity contribution in [3.8, 4) is 0 Å². The molecule has 0 saturated carbocycles. The maximum absolute atomic E-state index is 3.72. The van der Waals surface area contributed by atoms with Crippen LogP contribution in [0, 0.1) is 5.92 Å². The summed E-state index contributed by atoms with van der Waals surface area (Å²) in [6, 6.07) is 9.90. The molecule has 2 rings (SSSR count). The van der Waals surface area contributed by atoms with Crippen LogP contribution in [0.4, 0.5) is 0 Å². The van der Waals surface area contributed by atoms with E-state index >= 15 is 0 Å². The molecule has 18 heavy (non-hydrogen) atoms. The summed E-state index contributed by atoms with van der Waals surface area (Å²) in [5.74, 6) is 0.724. The first kappa shape index (κ1) is 14.0. The summed E-state index contributed by atoms with van der Waals surface area (Å²) in [6.07, 6.45) is 1.24. The third-order valence-electron chi connectivity index (χ3n) is 4.09. The van der Waals surface area contributed by atoms with Crippen LogP contribution in [0.3, 0.4) is 0 Å². The molecule has 3 unspecified atom stereocenters. The van der Waals surface area contributed by atoms with Crippen LogP contribution in [-0.2, 0) is 6.54 Å². The first-order chi connectivity index (χ1) is 8.56. The second kappa shape index (κ2) is 6.18. The Kier molecular flexibility index (Phi) is 4.82. The van der Waals surface area contributed by atoms with Gasteiger partial charge >= 0.3 is 0 Å². The summed E-state index contributed by atoms with van der Waals surface area (Å²) >= 11 is 3.47. The van der Waals surface area contributed by atoms with Gasteiger partial charge in [-0.1, -0.05) is 35.0 Å². The van der Waals surface area contributed by atoms with Crippen LogP contribution in [-0.4, -0.2) is 30.6 Å². The summed E-state index contributed by atoms with van der Waals surface area (Å²) < 4.78 is 1.15. The molecule has 1 heterocycles. The molecule has 1 N–H and O–H groups in total. The van der Waals surface area contributed by atoms with Crippen molar-refractivity contribution >= 4 is 15.9 Å². The number of hydrogen-bond acceptors (Lipinski definition) is 2. The van der Waals surface area contributed by atoms with E-state index in [1.54, 1.807) is 0 Å². The van der Waals surface area contributed by atoms with E-state index in [9.17, 15) is 0 Å². The van der Waals surface area contributed by atoms with E-state index in [0.29, 0.717) is 12.1 Å². The molecule has 2 nitrogen and oxygen atoms in total. The number of nitrogens with one attached hydrogen (secondary N) is 1. The molecule has 1 fully saturated rings. The average Bonchev–Trinajstić information content (AvgIpc) is 2.34. The van der Waals surface area contributed by atoms with Crippen LogP contribution in [0.15, 0.2) is 28.7 Å². The Bertz CT molecular complexity index is 377. The molecule has 0 aliphatic carbocycles. The minimum atomic E-state index is 0.639. The first-order valence-electron chi connectivity index (χ1n) is 6.74. The van der Waals surface area contributed by atoms with E-state index in [2.05, 4.69) is 71.3 Å². The maximum Gasteiger partial charge on any atom is 0.0208 e. The van der Waals surface area contributed by atoms with Crippen molar-refractivity contribution in [2.75, 3.05) is 13.6 Å². The third-order valence-corrected chi connectivity index (χ3v) is 4.62. The SMILES string of the molecule is CC1CN(C)C(C)CC1NCc1ccc(Br)cc1. The molecular formula is C15H23BrN2. The van der Waals surface area contributed by atoms with Crippen LogP contribution in [0.1, 0.15) is 25.8 Å². The largest absolute Gasteiger partial charge is 0.310 e. The lowest BCUT2D eigenvalue weighted by Crippen LogP contribution is -2.50. The highest BCUT2D eigenvalue weighted by Gasteiger charge is 2.28. The predicted octanol–water partition coefficient (Wildman–Crippen LogP) is 3.27. The standard InChI is InChI=1S/C15H23BrN2/c1-11-10-18(3)12(2)8-15(11)17-9-13-4-6-14(16)7-5-13/h4-7,11-12,15,17H,8-10H2,1-3H3. The van der Waals surface area contributed by atoms with Crippen LogP contribution >= 0.6 is 15.9 Å². The molecule has 1 saturated heterocycles. The van der Waals surface area contributed by atoms with Crippen LogP contribution < -0.4 is 5.32 Å². The second-order valence-corrected chi connectivity index (χ2v) is 6.53. The number of hydrogen-bond donors (Lipinski definition) is 1. The predicted molar refractivity (Wildman–Crippen MR) is 80.6 cm³/mol. The quantitative estimate of drug-likeness (QED) is 0.922. The summed E-state index contributed by atoms with van der Waals surface area (Å²) in [5.41, 5.74) is 1.36. The smallest absolute Gasteiger partial charge is 0.0208 e. The van der Waals surface area contributed by atoms with Gasteiger partial charge in [-0.2, -0.15) is 0 Å². The Morgan fingerprint density at radius 1 is 1.28 bits per heavy atom. The number of benzene rings is 1. The van der Waals surface area contributed by atoms with E-state index < -0.39 is 0 Å². The Morgan fingerprint density at radius 2 is 1.94 bits per heavy atom. The van der Waals surface area contributed by atoms with E-state index in [-0.39, 0.29) is 0 Å². The zero-order valence-corrected chi connectivity index (χ0v) is 13.1. The zero-order valence-electron chi connectivity index (χ0n) is 11.5. The lowest BCUT2D eigenvalue weighted by atomic mass is 9.90. The van der Waals surface area contributed by atoms with Gasteiger partial charge in [0.05, 0.1) is 0 Å². The molecule has 1 aliphatic heterocycles. The Balaban J connectivity index is 1.88. The van der Waals surface area contributed by atoms with Gasteiger partial charge in [0.2, 0.25) is 0 Å². The molecule has 1 aromatic carbocycles. The van der Waals surface area contributed by atoms with Crippen LogP contribution in [0.25, 0.3) is 0 Å². The summed E-state index contributed by atoms with van der Waals surface area (Å²) in [4.78, 5) is 2.46. The van der Waals surface area contributed by atoms with Crippen LogP contribution in [0.2, 0.25) is 0 Å². The van der Waals surface area contributed by atoms with Gasteiger partial charge in [-0.3, -0.25) is 0 Å². The lowest BCUT2D eigenvalue weighted by molar-refractivity contribution is 0.121. The molecule has 0 amide bonds. The fraction of sp³-hybridized carbons (Fsp3) is 0.600. The maximum atomic E-state index is 3.72. The van der Waals surface area contributed by atoms with Crippen LogP contribution in [0.5, 0.6) is 0 Å². The van der Waals surface area contributed by atoms with E-state index in [0.717, 1.165) is 16.9 Å². The Labute approximate surface area is 119 Å². The monoisotopic (exact) mass is 310 g/mol. The number of nitrogens with zero attached hydrogens (tertiary/aromatic N) is 1. The van der Waals surface area contributed by atoms with Gasteiger partial charge in [0.1, 0.15) is 0 Å². The van der Waals surface area contributed by atoms with Gasteiger partial charge in [0.25, 0.3) is 0 Å². The fourth-order valence-corrected chi connectivity index (χ4v) is 2.94. The summed E-state index contributed by atoms with van der Waals surface area (Å²) in [5, 5.41) is 3.72. The van der Waals surface area contributed by atoms with Crippen molar-refractivity contribution in [2.45, 2.75) is 38.9 Å². The molecule has 100 valence electrons. The summed E-state index contributed by atoms with van der Waals surface area (Å²) in [6.45, 7) is 6.83. The molecular weight excluding hydrogens is 288 g/mol. The van der Waals surface area contributed by atoms with Crippen molar-refractivity contribution in [3.63, 3.8) is 0 Å². The van der Waals surface area contributed by atoms with Gasteiger partial charge in [-0.15, -0.1) is 0 Å². The number of likely N-dealkylation sites (tertiary alicyclic amines) is 1. The van der Waals surface area contributed by atoms with Crippen molar-refractivity contribution in [2.24, 2.45) is 5.92 Å². The second-order valence-electron chi connectivity index (χ2n) is 5.62. The first-order valence-corrected chi connectivity index (χ1v) is 7.53. The highest BCUT2D eigenvalue weighted by Crippen LogP contribution is 2.21. The number of halogens is 1. The van der Waals surface area contributed by atoms with E-state index in [1.807, 2.05) is 0 Å². The fourth-order valence-electron chi connectivity index (χ4n) is 2.68. The molecule has 1 aromatic rings. The highest BCUT2D eigenvalue weighted by atomic mass is 79.9. The number of piperidine rings is 1. The Morgan fingerprint density at radius 3 is 2.61 bits per heavy atom. The van der Waals surface area contributed by atoms with Gasteiger partial charge in [0.15, 0.2) is 0 Å². The minimum Gasteiger partial charge on any atom is -0.310 e. The Hall–Kier alpha value is -0.380. The topological polar surface area (TPSA) is 15.3 Å². The van der Waals surface area contributed by atoms with Gasteiger partial charge in [-0.05, 0) is 44.0 Å². The molecule has 3 heteroatoms. The minimum absolute atomic E-state index is 0.639. The van der Waals surface area contributed by atoms with E-state index in [4.69, 9.17) is 0 Å². The van der Waals surface area contributed by atoms with Gasteiger partial charge in [0, 0.05) is 29.6 Å². The molecule has 0 spiro atoms. The highest BCUT2D eigenvalue weighted by molar-refractivity contribution is 9.10. The summed E-state index contributed by atoms with van der Waals surface area (Å²) in [7, 11) is 2.23. The van der Waals surface area contributed by atoms with Gasteiger partial charge < -0.3 is 10.2 Å². The molecule has 1 aliphatic rings. The van der Waals surface area contributed by atoms with Gasteiger partial charge in [-0.25, -0.2) is 0 Å².